The number of carboxylic acid groups (broad SMARTS) is 1. The summed E-state index contributed by atoms with van der Waals surface area (Å²) in [5.41, 5.74) is 1.68. The third-order valence-electron chi connectivity index (χ3n) is 2.17. The molecule has 1 aromatic carbocycles. The largest absolute Gasteiger partial charge is 0.478 e. The lowest BCUT2D eigenvalue weighted by Crippen LogP contribution is -1.98. The van der Waals surface area contributed by atoms with E-state index in [2.05, 4.69) is 4.98 Å². The molecule has 0 atom stereocenters. The van der Waals surface area contributed by atoms with Crippen molar-refractivity contribution in [3.05, 3.63) is 40.5 Å². The first kappa shape index (κ1) is 9.93. The highest BCUT2D eigenvalue weighted by molar-refractivity contribution is 6.35. The molecule has 0 aliphatic carbocycles. The van der Waals surface area contributed by atoms with E-state index in [1.165, 1.54) is 12.3 Å². The molecule has 76 valence electrons. The van der Waals surface area contributed by atoms with Crippen LogP contribution in [0.15, 0.2) is 24.4 Å². The Morgan fingerprint density at radius 2 is 2.20 bits per heavy atom. The van der Waals surface area contributed by atoms with Gasteiger partial charge in [-0.25, -0.2) is 4.79 Å². The van der Waals surface area contributed by atoms with Gasteiger partial charge in [-0.3, -0.25) is 4.98 Å². The molecule has 1 aromatic heterocycles. The molecule has 0 bridgehead atoms. The molecule has 15 heavy (non-hydrogen) atoms. The van der Waals surface area contributed by atoms with Gasteiger partial charge in [0.1, 0.15) is 0 Å². The average molecular weight is 222 g/mol. The van der Waals surface area contributed by atoms with Crippen molar-refractivity contribution in [3.8, 4) is 0 Å². The van der Waals surface area contributed by atoms with Crippen LogP contribution in [0.4, 0.5) is 0 Å². The maximum Gasteiger partial charge on any atom is 0.336 e. The smallest absolute Gasteiger partial charge is 0.336 e. The first-order valence-electron chi connectivity index (χ1n) is 4.38. The number of pyridine rings is 1. The van der Waals surface area contributed by atoms with Crippen molar-refractivity contribution in [2.75, 3.05) is 0 Å². The topological polar surface area (TPSA) is 50.2 Å². The summed E-state index contributed by atoms with van der Waals surface area (Å²) in [4.78, 5) is 15.0. The molecule has 0 aliphatic rings. The second kappa shape index (κ2) is 3.51. The number of hydrogen-bond acceptors (Lipinski definition) is 2. The Labute approximate surface area is 91.3 Å². The molecule has 0 fully saturated rings. The summed E-state index contributed by atoms with van der Waals surface area (Å²) in [6.45, 7) is 1.87. The Morgan fingerprint density at radius 1 is 1.47 bits per heavy atom. The van der Waals surface area contributed by atoms with E-state index in [0.29, 0.717) is 15.9 Å². The summed E-state index contributed by atoms with van der Waals surface area (Å²) in [6.07, 6.45) is 1.45. The number of carboxylic acids is 1. The van der Waals surface area contributed by atoms with E-state index >= 15 is 0 Å². The van der Waals surface area contributed by atoms with Crippen LogP contribution in [0.1, 0.15) is 15.9 Å². The number of rotatable bonds is 1. The zero-order chi connectivity index (χ0) is 11.0. The quantitative estimate of drug-likeness (QED) is 0.806. The van der Waals surface area contributed by atoms with Crippen LogP contribution in [0.25, 0.3) is 10.9 Å². The van der Waals surface area contributed by atoms with Crippen molar-refractivity contribution in [1.29, 1.82) is 0 Å². The molecule has 0 amide bonds. The van der Waals surface area contributed by atoms with E-state index in [4.69, 9.17) is 16.7 Å². The molecular weight excluding hydrogens is 214 g/mol. The van der Waals surface area contributed by atoms with Gasteiger partial charge >= 0.3 is 5.97 Å². The molecule has 1 heterocycles. The molecule has 0 unspecified atom stereocenters. The van der Waals surface area contributed by atoms with Crippen molar-refractivity contribution >= 4 is 28.5 Å². The molecule has 1 N–H and O–H groups in total. The lowest BCUT2D eigenvalue weighted by atomic mass is 10.1. The highest BCUT2D eigenvalue weighted by atomic mass is 35.5. The van der Waals surface area contributed by atoms with Gasteiger partial charge in [-0.1, -0.05) is 11.6 Å². The maximum absolute atomic E-state index is 11.0. The fourth-order valence-electron chi connectivity index (χ4n) is 1.53. The highest BCUT2D eigenvalue weighted by Gasteiger charge is 2.11. The van der Waals surface area contributed by atoms with E-state index in [0.717, 1.165) is 5.56 Å². The first-order chi connectivity index (χ1) is 7.09. The molecule has 4 heteroatoms. The normalized spacial score (nSPS) is 10.5. The second-order valence-corrected chi connectivity index (χ2v) is 3.71. The van der Waals surface area contributed by atoms with Crippen molar-refractivity contribution in [2.45, 2.75) is 6.92 Å². The van der Waals surface area contributed by atoms with Crippen molar-refractivity contribution in [3.63, 3.8) is 0 Å². The van der Waals surface area contributed by atoms with E-state index in [-0.39, 0.29) is 5.56 Å². The van der Waals surface area contributed by atoms with Gasteiger partial charge in [-0.05, 0) is 30.7 Å². The zero-order valence-electron chi connectivity index (χ0n) is 7.99. The van der Waals surface area contributed by atoms with Crippen LogP contribution in [0.3, 0.4) is 0 Å². The van der Waals surface area contributed by atoms with Crippen molar-refractivity contribution in [2.24, 2.45) is 0 Å². The van der Waals surface area contributed by atoms with E-state index < -0.39 is 5.97 Å². The fourth-order valence-corrected chi connectivity index (χ4v) is 1.86. The standard InChI is InChI=1S/C11H8ClNO2/c1-6-4-8-7(11(14)15)2-3-13-10(8)9(12)5-6/h2-5H,1H3,(H,14,15). The Kier molecular flexibility index (Phi) is 2.32. The van der Waals surface area contributed by atoms with E-state index in [9.17, 15) is 4.79 Å². The van der Waals surface area contributed by atoms with Crippen LogP contribution in [-0.4, -0.2) is 16.1 Å². The summed E-state index contributed by atoms with van der Waals surface area (Å²) >= 11 is 5.98. The number of nitrogens with zero attached hydrogens (tertiary/aromatic N) is 1. The van der Waals surface area contributed by atoms with Gasteiger partial charge in [0, 0.05) is 11.6 Å². The second-order valence-electron chi connectivity index (χ2n) is 3.31. The van der Waals surface area contributed by atoms with Crippen LogP contribution in [0.2, 0.25) is 5.02 Å². The number of halogens is 1. The third-order valence-corrected chi connectivity index (χ3v) is 2.46. The molecule has 3 nitrogen and oxygen atoms in total. The van der Waals surface area contributed by atoms with Gasteiger partial charge in [0.2, 0.25) is 0 Å². The lowest BCUT2D eigenvalue weighted by Gasteiger charge is -2.04. The summed E-state index contributed by atoms with van der Waals surface area (Å²) in [6, 6.07) is 5.01. The van der Waals surface area contributed by atoms with Crippen LogP contribution in [0, 0.1) is 6.92 Å². The Balaban J connectivity index is 2.91. The minimum Gasteiger partial charge on any atom is -0.478 e. The minimum absolute atomic E-state index is 0.227. The zero-order valence-corrected chi connectivity index (χ0v) is 8.75. The number of aryl methyl sites for hydroxylation is 1. The van der Waals surface area contributed by atoms with Crippen LogP contribution in [-0.2, 0) is 0 Å². The molecule has 0 radical (unpaired) electrons. The Bertz CT molecular complexity index is 552. The van der Waals surface area contributed by atoms with Crippen LogP contribution in [0.5, 0.6) is 0 Å². The summed E-state index contributed by atoms with van der Waals surface area (Å²) in [7, 11) is 0. The number of aromatic nitrogens is 1. The minimum atomic E-state index is -0.968. The van der Waals surface area contributed by atoms with Gasteiger partial charge in [0.15, 0.2) is 0 Å². The molecule has 0 saturated carbocycles. The number of aromatic carboxylic acids is 1. The number of benzene rings is 1. The molecule has 2 aromatic rings. The predicted octanol–water partition coefficient (Wildman–Crippen LogP) is 2.89. The molecular formula is C11H8ClNO2. The predicted molar refractivity (Wildman–Crippen MR) is 58.4 cm³/mol. The van der Waals surface area contributed by atoms with Gasteiger partial charge in [0.05, 0.1) is 16.1 Å². The lowest BCUT2D eigenvalue weighted by molar-refractivity contribution is 0.0699. The molecule has 0 saturated heterocycles. The third kappa shape index (κ3) is 1.66. The van der Waals surface area contributed by atoms with Gasteiger partial charge in [-0.15, -0.1) is 0 Å². The molecule has 0 aliphatic heterocycles. The molecule has 2 rings (SSSR count). The van der Waals surface area contributed by atoms with Crippen LogP contribution < -0.4 is 0 Å². The van der Waals surface area contributed by atoms with E-state index in [1.54, 1.807) is 12.1 Å². The number of fused-ring (bicyclic) bond motifs is 1. The van der Waals surface area contributed by atoms with Gasteiger partial charge < -0.3 is 5.11 Å². The SMILES string of the molecule is Cc1cc(Cl)c2nccc(C(=O)O)c2c1. The Morgan fingerprint density at radius 3 is 2.87 bits per heavy atom. The number of carbonyl (C=O) groups is 1. The van der Waals surface area contributed by atoms with Gasteiger partial charge in [0.25, 0.3) is 0 Å². The van der Waals surface area contributed by atoms with Gasteiger partial charge in [-0.2, -0.15) is 0 Å². The van der Waals surface area contributed by atoms with E-state index in [1.807, 2.05) is 6.92 Å². The summed E-state index contributed by atoms with van der Waals surface area (Å²) < 4.78 is 0. The number of hydrogen-bond donors (Lipinski definition) is 1. The Hall–Kier alpha value is -1.61. The van der Waals surface area contributed by atoms with Crippen LogP contribution >= 0.6 is 11.6 Å². The monoisotopic (exact) mass is 221 g/mol. The highest BCUT2D eigenvalue weighted by Crippen LogP contribution is 2.25. The summed E-state index contributed by atoms with van der Waals surface area (Å²) in [5.74, 6) is -0.968. The summed E-state index contributed by atoms with van der Waals surface area (Å²) in [5, 5.41) is 10.1. The first-order valence-corrected chi connectivity index (χ1v) is 4.75. The van der Waals surface area contributed by atoms with Crippen molar-refractivity contribution in [1.82, 2.24) is 4.98 Å². The average Bonchev–Trinajstić information content (AvgIpc) is 2.16. The molecule has 0 spiro atoms. The maximum atomic E-state index is 11.0. The fraction of sp³-hybridized carbons (Fsp3) is 0.0909. The van der Waals surface area contributed by atoms with Crippen molar-refractivity contribution < 1.29 is 9.90 Å².